The van der Waals surface area contributed by atoms with E-state index in [1.807, 2.05) is 46.0 Å². The molecule has 32 heteroatoms. The quantitative estimate of drug-likeness (QED) is 0.0221. The first-order valence-electron chi connectivity index (χ1n) is 31.3. The maximum Gasteiger partial charge on any atom is 0.187 e. The molecule has 19 N–H and O–H groups in total. The third kappa shape index (κ3) is 15.5. The van der Waals surface area contributed by atoms with Crippen molar-refractivity contribution in [1.29, 1.82) is 0 Å². The monoisotopic (exact) mass is 1260 g/mol. The Bertz CT molecular complexity index is 3180. The molecule has 5 fully saturated rings. The van der Waals surface area contributed by atoms with Crippen LogP contribution in [0.25, 0.3) is 22.4 Å². The Morgan fingerprint density at radius 3 is 1.74 bits per heavy atom. The Morgan fingerprint density at radius 1 is 0.567 bits per heavy atom. The van der Waals surface area contributed by atoms with Crippen LogP contribution in [-0.4, -0.2) is 253 Å². The number of H-pyrrole nitrogens is 1. The number of nitrogens with two attached hydrogens (primary N) is 6. The van der Waals surface area contributed by atoms with Crippen LogP contribution in [0, 0.1) is 0 Å². The van der Waals surface area contributed by atoms with Crippen molar-refractivity contribution in [2.75, 3.05) is 51.2 Å². The zero-order chi connectivity index (χ0) is 63.2. The second-order valence-corrected chi connectivity index (χ2v) is 24.5. The first kappa shape index (κ1) is 65.7. The number of piperazine rings is 1. The number of aliphatic hydroxyl groups excluding tert-OH is 6. The molecule has 6 aromatic rings. The molecule has 0 unspecified atom stereocenters. The average molecular weight is 1260 g/mol. The molecule has 0 bridgehead atoms. The van der Waals surface area contributed by atoms with Crippen LogP contribution in [0.5, 0.6) is 5.75 Å². The number of likely N-dealkylation sites (N-methyl/N-ethyl adjacent to an activating group) is 1. The molecule has 4 aromatic heterocycles. The Hall–Kier alpha value is -5.83. The molecule has 1 saturated carbocycles. The van der Waals surface area contributed by atoms with Crippen molar-refractivity contribution in [2.45, 2.75) is 200 Å². The van der Waals surface area contributed by atoms with Crippen LogP contribution in [0.15, 0.2) is 61.1 Å². The molecule has 494 valence electrons. The lowest BCUT2D eigenvalue weighted by Gasteiger charge is -2.47. The molecule has 1 aliphatic carbocycles. The third-order valence-corrected chi connectivity index (χ3v) is 17.8. The number of aromatic amines is 1. The molecule has 0 spiro atoms. The minimum absolute atomic E-state index is 0.0373. The van der Waals surface area contributed by atoms with Crippen LogP contribution >= 0.6 is 0 Å². The molecule has 5 aliphatic rings. The van der Waals surface area contributed by atoms with Gasteiger partial charge in [-0.3, -0.25) is 9.36 Å². The van der Waals surface area contributed by atoms with Crippen molar-refractivity contribution in [3.63, 3.8) is 0 Å². The van der Waals surface area contributed by atoms with Crippen LogP contribution in [0.4, 0.5) is 5.69 Å². The number of aromatic nitrogens is 11. The summed E-state index contributed by atoms with van der Waals surface area (Å²) in [5.41, 5.74) is 43.5. The second kappa shape index (κ2) is 29.8. The number of unbranched alkanes of at least 4 members (excludes halogenated alkanes) is 4. The van der Waals surface area contributed by atoms with Gasteiger partial charge in [0.15, 0.2) is 18.9 Å². The summed E-state index contributed by atoms with van der Waals surface area (Å²) in [6.07, 6.45) is -7.43. The van der Waals surface area contributed by atoms with E-state index in [2.05, 4.69) is 71.0 Å². The number of anilines is 1. The highest BCUT2D eigenvalue weighted by Gasteiger charge is 2.55. The van der Waals surface area contributed by atoms with E-state index in [1.54, 1.807) is 6.20 Å². The molecule has 4 aliphatic heterocycles. The van der Waals surface area contributed by atoms with Crippen LogP contribution in [0.1, 0.15) is 62.0 Å². The number of hydrogen-bond acceptors (Lipinski definition) is 28. The molecule has 2 aromatic carbocycles. The lowest BCUT2D eigenvalue weighted by Crippen LogP contribution is -2.68. The number of hydrogen-bond donors (Lipinski definition) is 13. The number of aliphatic hydroxyl groups is 6. The largest absolute Gasteiger partial charge is 0.487 e. The zero-order valence-corrected chi connectivity index (χ0v) is 50.5. The van der Waals surface area contributed by atoms with E-state index in [9.17, 15) is 30.6 Å². The number of benzene rings is 2. The summed E-state index contributed by atoms with van der Waals surface area (Å²) in [4.78, 5) is 13.1. The van der Waals surface area contributed by atoms with E-state index < -0.39 is 116 Å². The Morgan fingerprint density at radius 2 is 1.12 bits per heavy atom. The number of fused-ring (bicyclic) bond motifs is 1. The van der Waals surface area contributed by atoms with Crippen molar-refractivity contribution in [2.24, 2.45) is 34.4 Å². The Balaban J connectivity index is 0.606. The molecule has 19 atom stereocenters. The lowest BCUT2D eigenvalue weighted by atomic mass is 9.84. The summed E-state index contributed by atoms with van der Waals surface area (Å²) in [6, 6.07) is 10.0. The maximum absolute atomic E-state index is 12.0. The zero-order valence-electron chi connectivity index (χ0n) is 50.5. The second-order valence-electron chi connectivity index (χ2n) is 24.5. The van der Waals surface area contributed by atoms with Crippen molar-refractivity contribution in [1.82, 2.24) is 59.8 Å². The van der Waals surface area contributed by atoms with Gasteiger partial charge in [-0.05, 0) is 94.5 Å². The van der Waals surface area contributed by atoms with Crippen LogP contribution in [0.3, 0.4) is 0 Å². The van der Waals surface area contributed by atoms with Gasteiger partial charge in [-0.2, -0.15) is 0 Å². The fourth-order valence-electron chi connectivity index (χ4n) is 12.3. The van der Waals surface area contributed by atoms with Gasteiger partial charge < -0.3 is 113 Å². The van der Waals surface area contributed by atoms with Gasteiger partial charge >= 0.3 is 0 Å². The standard InChI is InChI=1S/C58H89N19O13/c1-73-18-20-74(21-19-73)35-12-15-39-40(22-35)66-55(65-39)31-10-13-36(14-11-31)84-30-34-28-76(71-69-34)17-7-3-2-6-16-75-26-32(67-70-75)8-4-5-9-33-27-77(72-68-33)29-43-53(89-57-45(64)50(82)48(80)42(25-60)86-57)51(83)58(87-43)90-54-46(78)37(61)23-38(62)52(54)88-56-44(63)49(81)47(79)41(24-59)85-56/h10-15,22,26-28,37-38,41-54,56-58,78-83H,2-9,16-21,23-25,29-30,59-64H2,1H3,(H,65,66)/t37-,38+,41-,42+,43-,44-,45-,46+,47-,48-,49-,50-,51-,52-,53-,54-,56-,57-,58+/m1/s1. The summed E-state index contributed by atoms with van der Waals surface area (Å²) in [5.74, 6) is 1.56. The van der Waals surface area contributed by atoms with Crippen molar-refractivity contribution in [3.8, 4) is 17.1 Å². The van der Waals surface area contributed by atoms with Gasteiger partial charge in [0.25, 0.3) is 0 Å². The molecule has 11 rings (SSSR count). The maximum atomic E-state index is 12.0. The highest BCUT2D eigenvalue weighted by Crippen LogP contribution is 2.36. The average Bonchev–Trinajstić information content (AvgIpc) is 1.54. The number of nitrogens with zero attached hydrogens (tertiary/aromatic N) is 12. The summed E-state index contributed by atoms with van der Waals surface area (Å²) in [7, 11) is 2.16. The molecule has 8 heterocycles. The number of ether oxygens (including phenoxy) is 7. The minimum Gasteiger partial charge on any atom is -0.487 e. The first-order chi connectivity index (χ1) is 43.5. The molecular weight excluding hydrogens is 1170 g/mol. The van der Waals surface area contributed by atoms with Gasteiger partial charge in [0.05, 0.1) is 53.4 Å². The van der Waals surface area contributed by atoms with Crippen LogP contribution in [-0.2, 0) is 67.5 Å². The van der Waals surface area contributed by atoms with Crippen molar-refractivity contribution < 1.29 is 63.8 Å². The highest BCUT2D eigenvalue weighted by atomic mass is 16.8. The van der Waals surface area contributed by atoms with Gasteiger partial charge in [-0.15, -0.1) is 15.3 Å². The molecule has 0 amide bonds. The van der Waals surface area contributed by atoms with Crippen LogP contribution < -0.4 is 44.0 Å². The summed E-state index contributed by atoms with van der Waals surface area (Å²) in [5, 5.41) is 92.1. The predicted octanol–water partition coefficient (Wildman–Crippen LogP) is -3.71. The van der Waals surface area contributed by atoms with Gasteiger partial charge in [0.1, 0.15) is 91.0 Å². The predicted molar refractivity (Wildman–Crippen MR) is 322 cm³/mol. The molecule has 90 heavy (non-hydrogen) atoms. The van der Waals surface area contributed by atoms with Gasteiger partial charge in [-0.1, -0.05) is 28.5 Å². The summed E-state index contributed by atoms with van der Waals surface area (Å²) in [6.45, 7) is 5.59. The Labute approximate surface area is 519 Å². The number of nitrogens with one attached hydrogen (secondary N) is 1. The van der Waals surface area contributed by atoms with Gasteiger partial charge in [0.2, 0.25) is 0 Å². The molecular formula is C58H89N19O13. The molecule has 0 radical (unpaired) electrons. The summed E-state index contributed by atoms with van der Waals surface area (Å²) >= 11 is 0. The highest BCUT2D eigenvalue weighted by molar-refractivity contribution is 5.83. The van der Waals surface area contributed by atoms with Crippen molar-refractivity contribution >= 4 is 16.7 Å². The van der Waals surface area contributed by atoms with E-state index in [0.29, 0.717) is 18.7 Å². The van der Waals surface area contributed by atoms with E-state index in [0.717, 1.165) is 124 Å². The SMILES string of the molecule is CN1CCN(c2ccc3nc(-c4ccc(OCc5cn(CCCCCCn6cc(CCCCc7cn(C[C@H]8O[C@@H](O[C@@H]9[C@@H](O)[C@H](N)C[C@H](N)[C@H]9O[C@H]9O[C@H](CN)[C@@H](O)[C@H](O)[C@H]9N)[C@H](O)[C@@H]8O[C@H]8O[C@@H](CN)[C@@H](O)[C@H](O)[C@H]8N)nn7)nn6)nn5)cc4)[nH]c3c2)CC1. The minimum atomic E-state index is -1.62. The van der Waals surface area contributed by atoms with E-state index in [-0.39, 0.29) is 26.1 Å². The van der Waals surface area contributed by atoms with Gasteiger partial charge in [-0.25, -0.2) is 9.67 Å². The molecule has 32 nitrogen and oxygen atoms in total. The fourth-order valence-corrected chi connectivity index (χ4v) is 12.3. The normalized spacial score (nSPS) is 32.7. The summed E-state index contributed by atoms with van der Waals surface area (Å²) < 4.78 is 48.2. The van der Waals surface area contributed by atoms with Gasteiger partial charge in [0, 0.05) is 88.1 Å². The Kier molecular flexibility index (Phi) is 21.8. The lowest BCUT2D eigenvalue weighted by molar-refractivity contribution is -0.306. The van der Waals surface area contributed by atoms with E-state index in [1.165, 1.54) is 10.4 Å². The third-order valence-electron chi connectivity index (χ3n) is 17.8. The fraction of sp³-hybridized carbons (Fsp3) is 0.672. The smallest absolute Gasteiger partial charge is 0.187 e. The number of rotatable bonds is 27. The number of imidazole rings is 1. The number of aryl methyl sites for hydroxylation is 4. The van der Waals surface area contributed by atoms with E-state index in [4.69, 9.17) is 72.5 Å². The topological polar surface area (TPSA) is 469 Å². The molecule has 4 saturated heterocycles. The first-order valence-corrected chi connectivity index (χ1v) is 31.3. The van der Waals surface area contributed by atoms with Crippen molar-refractivity contribution in [3.05, 3.63) is 78.1 Å². The van der Waals surface area contributed by atoms with E-state index >= 15 is 0 Å². The van der Waals surface area contributed by atoms with Crippen LogP contribution in [0.2, 0.25) is 0 Å².